The fourth-order valence-electron chi connectivity index (χ4n) is 2.26. The smallest absolute Gasteiger partial charge is 0.256 e. The zero-order chi connectivity index (χ0) is 14.5. The maximum absolute atomic E-state index is 12.0. The van der Waals surface area contributed by atoms with E-state index in [2.05, 4.69) is 25.5 Å². The number of amides is 1. The van der Waals surface area contributed by atoms with Gasteiger partial charge in [-0.1, -0.05) is 0 Å². The molecule has 21 heavy (non-hydrogen) atoms. The number of nitrogens with one attached hydrogen (secondary N) is 2. The molecule has 0 bridgehead atoms. The molecule has 0 unspecified atom stereocenters. The van der Waals surface area contributed by atoms with Gasteiger partial charge in [-0.15, -0.1) is 0 Å². The molecule has 6 heteroatoms. The molecule has 1 saturated heterocycles. The number of aromatic nitrogens is 2. The number of pyridine rings is 2. The molecule has 0 aromatic carbocycles. The van der Waals surface area contributed by atoms with Crippen molar-refractivity contribution in [3.8, 4) is 0 Å². The molecule has 0 atom stereocenters. The molecular formula is C15H17N5O. The van der Waals surface area contributed by atoms with Gasteiger partial charge in [-0.3, -0.25) is 9.78 Å². The molecule has 2 aromatic heterocycles. The van der Waals surface area contributed by atoms with Crippen molar-refractivity contribution in [1.82, 2.24) is 15.3 Å². The van der Waals surface area contributed by atoms with Gasteiger partial charge in [0.2, 0.25) is 0 Å². The van der Waals surface area contributed by atoms with Gasteiger partial charge < -0.3 is 15.5 Å². The zero-order valence-corrected chi connectivity index (χ0v) is 11.6. The van der Waals surface area contributed by atoms with Crippen LogP contribution in [0.1, 0.15) is 10.4 Å². The van der Waals surface area contributed by atoms with Gasteiger partial charge in [-0.2, -0.15) is 0 Å². The first-order valence-electron chi connectivity index (χ1n) is 6.96. The molecule has 1 fully saturated rings. The van der Waals surface area contributed by atoms with Gasteiger partial charge in [0, 0.05) is 44.1 Å². The standard InChI is InChI=1S/C15H17N5O/c21-15(12-3-5-16-6-4-12)19-14-2-1-13(11-18-14)20-9-7-17-8-10-20/h1-6,11,17H,7-10H2,(H,18,19,21). The molecule has 1 amide bonds. The molecule has 2 aromatic rings. The van der Waals surface area contributed by atoms with Crippen molar-refractivity contribution < 1.29 is 4.79 Å². The van der Waals surface area contributed by atoms with E-state index in [1.807, 2.05) is 12.1 Å². The van der Waals surface area contributed by atoms with Crippen LogP contribution in [-0.4, -0.2) is 42.1 Å². The molecule has 6 nitrogen and oxygen atoms in total. The van der Waals surface area contributed by atoms with E-state index in [0.29, 0.717) is 11.4 Å². The lowest BCUT2D eigenvalue weighted by Gasteiger charge is -2.29. The van der Waals surface area contributed by atoms with Crippen molar-refractivity contribution in [3.05, 3.63) is 48.4 Å². The minimum Gasteiger partial charge on any atom is -0.368 e. The Labute approximate surface area is 123 Å². The summed E-state index contributed by atoms with van der Waals surface area (Å²) in [6, 6.07) is 7.16. The number of piperazine rings is 1. The van der Waals surface area contributed by atoms with Crippen LogP contribution in [0, 0.1) is 0 Å². The van der Waals surface area contributed by atoms with E-state index >= 15 is 0 Å². The predicted octanol–water partition coefficient (Wildman–Crippen LogP) is 1.14. The van der Waals surface area contributed by atoms with Gasteiger partial charge in [0.05, 0.1) is 11.9 Å². The number of carbonyl (C=O) groups excluding carboxylic acids is 1. The number of carbonyl (C=O) groups is 1. The summed E-state index contributed by atoms with van der Waals surface area (Å²) < 4.78 is 0. The van der Waals surface area contributed by atoms with Crippen LogP contribution in [0.3, 0.4) is 0 Å². The molecule has 0 saturated carbocycles. The summed E-state index contributed by atoms with van der Waals surface area (Å²) in [5, 5.41) is 6.10. The van der Waals surface area contributed by atoms with Crippen molar-refractivity contribution >= 4 is 17.4 Å². The molecule has 1 aliphatic rings. The third-order valence-electron chi connectivity index (χ3n) is 3.41. The van der Waals surface area contributed by atoms with E-state index in [4.69, 9.17) is 0 Å². The monoisotopic (exact) mass is 283 g/mol. The van der Waals surface area contributed by atoms with Gasteiger partial charge >= 0.3 is 0 Å². The van der Waals surface area contributed by atoms with E-state index in [-0.39, 0.29) is 5.91 Å². The first-order chi connectivity index (χ1) is 10.3. The summed E-state index contributed by atoms with van der Waals surface area (Å²) in [7, 11) is 0. The molecule has 1 aliphatic heterocycles. The number of hydrogen-bond donors (Lipinski definition) is 2. The predicted molar refractivity (Wildman–Crippen MR) is 81.5 cm³/mol. The minimum absolute atomic E-state index is 0.181. The highest BCUT2D eigenvalue weighted by Gasteiger charge is 2.11. The Bertz CT molecular complexity index is 593. The quantitative estimate of drug-likeness (QED) is 0.884. The Morgan fingerprint density at radius 2 is 1.90 bits per heavy atom. The van der Waals surface area contributed by atoms with Crippen LogP contribution in [0.4, 0.5) is 11.5 Å². The normalized spacial score (nSPS) is 14.8. The molecule has 0 spiro atoms. The Morgan fingerprint density at radius 1 is 1.14 bits per heavy atom. The van der Waals surface area contributed by atoms with Gasteiger partial charge in [-0.05, 0) is 24.3 Å². The van der Waals surface area contributed by atoms with E-state index in [1.165, 1.54) is 0 Å². The highest BCUT2D eigenvalue weighted by molar-refractivity contribution is 6.03. The molecule has 108 valence electrons. The highest BCUT2D eigenvalue weighted by Crippen LogP contribution is 2.16. The average Bonchev–Trinajstić information content (AvgIpc) is 2.57. The number of anilines is 2. The van der Waals surface area contributed by atoms with Gasteiger partial charge in [0.25, 0.3) is 5.91 Å². The van der Waals surface area contributed by atoms with Crippen LogP contribution < -0.4 is 15.5 Å². The molecule has 2 N–H and O–H groups in total. The van der Waals surface area contributed by atoms with E-state index in [9.17, 15) is 4.79 Å². The lowest BCUT2D eigenvalue weighted by molar-refractivity contribution is 0.102. The van der Waals surface area contributed by atoms with Crippen LogP contribution >= 0.6 is 0 Å². The van der Waals surface area contributed by atoms with Crippen molar-refractivity contribution in [2.24, 2.45) is 0 Å². The lowest BCUT2D eigenvalue weighted by Crippen LogP contribution is -2.43. The number of hydrogen-bond acceptors (Lipinski definition) is 5. The van der Waals surface area contributed by atoms with Crippen LogP contribution in [-0.2, 0) is 0 Å². The minimum atomic E-state index is -0.181. The second kappa shape index (κ2) is 6.32. The summed E-state index contributed by atoms with van der Waals surface area (Å²) in [5.74, 6) is 0.371. The third-order valence-corrected chi connectivity index (χ3v) is 3.41. The number of nitrogens with zero attached hydrogens (tertiary/aromatic N) is 3. The lowest BCUT2D eigenvalue weighted by atomic mass is 10.2. The average molecular weight is 283 g/mol. The molecule has 3 rings (SSSR count). The summed E-state index contributed by atoms with van der Waals surface area (Å²) in [6.07, 6.45) is 4.99. The van der Waals surface area contributed by atoms with Crippen molar-refractivity contribution in [2.45, 2.75) is 0 Å². The highest BCUT2D eigenvalue weighted by atomic mass is 16.1. The van der Waals surface area contributed by atoms with Crippen molar-refractivity contribution in [3.63, 3.8) is 0 Å². The Kier molecular flexibility index (Phi) is 4.07. The summed E-state index contributed by atoms with van der Waals surface area (Å²) >= 11 is 0. The summed E-state index contributed by atoms with van der Waals surface area (Å²) in [5.41, 5.74) is 1.65. The fourth-order valence-corrected chi connectivity index (χ4v) is 2.26. The second-order valence-corrected chi connectivity index (χ2v) is 4.83. The number of rotatable bonds is 3. The second-order valence-electron chi connectivity index (χ2n) is 4.83. The van der Waals surface area contributed by atoms with E-state index < -0.39 is 0 Å². The molecular weight excluding hydrogens is 266 g/mol. The first-order valence-corrected chi connectivity index (χ1v) is 6.96. The van der Waals surface area contributed by atoms with Crippen LogP contribution in [0.5, 0.6) is 0 Å². The SMILES string of the molecule is O=C(Nc1ccc(N2CCNCC2)cn1)c1ccncc1. The Morgan fingerprint density at radius 3 is 2.57 bits per heavy atom. The maximum atomic E-state index is 12.0. The summed E-state index contributed by atoms with van der Waals surface area (Å²) in [4.78, 5) is 22.5. The topological polar surface area (TPSA) is 70.2 Å². The summed E-state index contributed by atoms with van der Waals surface area (Å²) in [6.45, 7) is 3.93. The van der Waals surface area contributed by atoms with Crippen molar-refractivity contribution in [1.29, 1.82) is 0 Å². The third kappa shape index (κ3) is 3.35. The molecule has 0 aliphatic carbocycles. The Hall–Kier alpha value is -2.47. The van der Waals surface area contributed by atoms with Crippen LogP contribution in [0.15, 0.2) is 42.9 Å². The van der Waals surface area contributed by atoms with Gasteiger partial charge in [-0.25, -0.2) is 4.98 Å². The first kappa shape index (κ1) is 13.5. The van der Waals surface area contributed by atoms with Crippen LogP contribution in [0.25, 0.3) is 0 Å². The molecule has 3 heterocycles. The fraction of sp³-hybridized carbons (Fsp3) is 0.267. The van der Waals surface area contributed by atoms with E-state index in [1.54, 1.807) is 30.7 Å². The van der Waals surface area contributed by atoms with E-state index in [0.717, 1.165) is 31.9 Å². The van der Waals surface area contributed by atoms with Gasteiger partial charge in [0.1, 0.15) is 5.82 Å². The largest absolute Gasteiger partial charge is 0.368 e. The Balaban J connectivity index is 1.65. The van der Waals surface area contributed by atoms with Gasteiger partial charge in [0.15, 0.2) is 0 Å². The zero-order valence-electron chi connectivity index (χ0n) is 11.6. The molecule has 0 radical (unpaired) electrons. The van der Waals surface area contributed by atoms with Crippen molar-refractivity contribution in [2.75, 3.05) is 36.4 Å². The maximum Gasteiger partial charge on any atom is 0.256 e. The van der Waals surface area contributed by atoms with Crippen LogP contribution in [0.2, 0.25) is 0 Å².